The molecule has 252 valence electrons. The molecular weight excluding hydrogens is 666 g/mol. The van der Waals surface area contributed by atoms with Crippen LogP contribution in [-0.2, 0) is 0 Å². The molecule has 0 aromatic heterocycles. The zero-order chi connectivity index (χ0) is 35.9. The molecule has 0 N–H and O–H groups in total. The zero-order valence-electron chi connectivity index (χ0n) is 29.0. The molecule has 0 saturated heterocycles. The first-order valence-electron chi connectivity index (χ1n) is 16.2. The summed E-state index contributed by atoms with van der Waals surface area (Å²) >= 11 is 0. The van der Waals surface area contributed by atoms with E-state index in [0.29, 0.717) is 0 Å². The van der Waals surface area contributed by atoms with Gasteiger partial charge < -0.3 is 0 Å². The van der Waals surface area contributed by atoms with Crippen LogP contribution < -0.4 is 10.6 Å². The van der Waals surface area contributed by atoms with Crippen LogP contribution in [-0.4, -0.2) is 10.6 Å². The Kier molecular flexibility index (Phi) is 12.0. The predicted molar refractivity (Wildman–Crippen MR) is 206 cm³/mol. The summed E-state index contributed by atoms with van der Waals surface area (Å²) in [4.78, 5) is 0. The largest absolute Gasteiger partial charge is 0.207 e. The molecule has 0 heterocycles. The summed E-state index contributed by atoms with van der Waals surface area (Å²) in [6.45, 7) is 12.6. The first-order valence-corrected chi connectivity index (χ1v) is 18.0. The van der Waals surface area contributed by atoms with Crippen molar-refractivity contribution in [1.29, 1.82) is 0 Å². The van der Waals surface area contributed by atoms with E-state index in [1.807, 2.05) is 0 Å². The molecule has 6 rings (SSSR count). The Labute approximate surface area is 296 Å². The van der Waals surface area contributed by atoms with Crippen molar-refractivity contribution in [2.24, 2.45) is 0 Å². The monoisotopic (exact) mass is 704 g/mol. The Morgan fingerprint density at radius 3 is 0.740 bits per heavy atom. The average Bonchev–Trinajstić information content (AvgIpc) is 3.07. The van der Waals surface area contributed by atoms with E-state index < -0.39 is 0 Å². The van der Waals surface area contributed by atoms with Crippen LogP contribution >= 0.6 is 16.4 Å². The smallest absolute Gasteiger partial charge is 0.123 e. The third-order valence-corrected chi connectivity index (χ3v) is 11.5. The maximum Gasteiger partial charge on any atom is 0.123 e. The second kappa shape index (κ2) is 16.4. The third-order valence-electron chi connectivity index (χ3n) is 8.19. The molecule has 0 atom stereocenters. The van der Waals surface area contributed by atoms with Crippen molar-refractivity contribution in [2.75, 3.05) is 0 Å². The Morgan fingerprint density at radius 1 is 0.340 bits per heavy atom. The van der Waals surface area contributed by atoms with Crippen molar-refractivity contribution in [3.63, 3.8) is 0 Å². The molecule has 0 nitrogen and oxygen atoms in total. The van der Waals surface area contributed by atoms with Crippen LogP contribution in [0.5, 0.6) is 0 Å². The van der Waals surface area contributed by atoms with E-state index in [9.17, 15) is 17.6 Å². The summed E-state index contributed by atoms with van der Waals surface area (Å²) < 4.78 is 53.4. The van der Waals surface area contributed by atoms with Crippen LogP contribution in [0.15, 0.2) is 121 Å². The van der Waals surface area contributed by atoms with Crippen molar-refractivity contribution in [3.05, 3.63) is 200 Å². The molecule has 0 aliphatic rings. The van der Waals surface area contributed by atoms with E-state index in [2.05, 4.69) is 65.8 Å². The van der Waals surface area contributed by atoms with Gasteiger partial charge in [0.05, 0.1) is 0 Å². The quantitative estimate of drug-likeness (QED) is 0.120. The number of benzene rings is 6. The summed E-state index contributed by atoms with van der Waals surface area (Å²) in [7, 11) is 2.05. The lowest BCUT2D eigenvalue weighted by molar-refractivity contribution is 0.627. The highest BCUT2D eigenvalue weighted by atomic mass is 31.1. The Morgan fingerprint density at radius 2 is 0.540 bits per heavy atom. The number of rotatable bonds is 6. The second-order valence-electron chi connectivity index (χ2n) is 12.4. The molecule has 0 amide bonds. The molecule has 50 heavy (non-hydrogen) atoms. The first-order chi connectivity index (χ1) is 23.9. The van der Waals surface area contributed by atoms with E-state index in [1.54, 1.807) is 48.5 Å². The molecule has 0 fully saturated rings. The number of halogens is 4. The van der Waals surface area contributed by atoms with Crippen molar-refractivity contribution < 1.29 is 17.6 Å². The third kappa shape index (κ3) is 9.33. The maximum absolute atomic E-state index is 13.3. The highest BCUT2D eigenvalue weighted by Gasteiger charge is 2.12. The summed E-state index contributed by atoms with van der Waals surface area (Å²) in [6, 6.07) is 34.6. The summed E-state index contributed by atoms with van der Waals surface area (Å²) in [5, 5.41) is 4.54. The van der Waals surface area contributed by atoms with Gasteiger partial charge in [0.25, 0.3) is 0 Å². The van der Waals surface area contributed by atoms with Gasteiger partial charge in [0.2, 0.25) is 0 Å². The first kappa shape index (κ1) is 36.7. The molecule has 6 aromatic rings. The molecule has 0 unspecified atom stereocenters. The molecule has 0 aliphatic heterocycles. The molecule has 0 bridgehead atoms. The van der Waals surface area contributed by atoms with Gasteiger partial charge >= 0.3 is 0 Å². The average molecular weight is 705 g/mol. The van der Waals surface area contributed by atoms with Crippen LogP contribution in [0, 0.1) is 64.8 Å². The molecule has 0 saturated carbocycles. The topological polar surface area (TPSA) is 0 Å². The Bertz CT molecular complexity index is 1860. The van der Waals surface area contributed by atoms with Gasteiger partial charge in [-0.3, -0.25) is 0 Å². The van der Waals surface area contributed by atoms with E-state index in [4.69, 9.17) is 0 Å². The van der Waals surface area contributed by atoms with Gasteiger partial charge in [0, 0.05) is 21.2 Å². The second-order valence-corrected chi connectivity index (χ2v) is 14.7. The minimum Gasteiger partial charge on any atom is -0.207 e. The molecule has 0 radical (unpaired) electrons. The highest BCUT2D eigenvalue weighted by molar-refractivity contribution is 7.51. The van der Waals surface area contributed by atoms with Crippen molar-refractivity contribution in [2.45, 2.75) is 41.5 Å². The fraction of sp³-hybridized carbons (Fsp3) is 0.136. The van der Waals surface area contributed by atoms with Gasteiger partial charge in [0.15, 0.2) is 0 Å². The molecular formula is C44H38F4P2. The maximum atomic E-state index is 13.3. The van der Waals surface area contributed by atoms with Crippen molar-refractivity contribution in [3.8, 4) is 0 Å². The molecule has 0 aliphatic carbocycles. The molecule has 6 aromatic carbocycles. The minimum absolute atomic E-state index is 0.262. The Balaban J connectivity index is 0.000000194. The van der Waals surface area contributed by atoms with Gasteiger partial charge in [-0.05, 0) is 135 Å². The van der Waals surface area contributed by atoms with E-state index in [1.165, 1.54) is 92.5 Å². The van der Waals surface area contributed by atoms with Gasteiger partial charge in [-0.1, -0.05) is 100 Å². The van der Waals surface area contributed by atoms with Crippen LogP contribution in [0.2, 0.25) is 0 Å². The van der Waals surface area contributed by atoms with E-state index >= 15 is 0 Å². The van der Waals surface area contributed by atoms with Crippen LogP contribution in [0.25, 0.3) is 0 Å². The van der Waals surface area contributed by atoms with Gasteiger partial charge in [-0.2, -0.15) is 0 Å². The fourth-order valence-electron chi connectivity index (χ4n) is 5.94. The van der Waals surface area contributed by atoms with Crippen molar-refractivity contribution >= 4 is 37.6 Å². The standard InChI is InChI=1S/2C22H19F2P/c2*1-14-12-15(2)21(16(3)13-14)25-22(17-4-8-19(23)9-5-17)18-6-10-20(24)11-7-18/h2*4-13H,1-3H3. The van der Waals surface area contributed by atoms with Gasteiger partial charge in [-0.15, -0.1) is 0 Å². The van der Waals surface area contributed by atoms with Crippen LogP contribution in [0.4, 0.5) is 17.6 Å². The van der Waals surface area contributed by atoms with E-state index in [-0.39, 0.29) is 23.3 Å². The summed E-state index contributed by atoms with van der Waals surface area (Å²) in [5.74, 6) is -1.05. The fourth-order valence-corrected chi connectivity index (χ4v) is 8.47. The van der Waals surface area contributed by atoms with E-state index in [0.717, 1.165) is 49.2 Å². The molecule has 6 heteroatoms. The highest BCUT2D eigenvalue weighted by Crippen LogP contribution is 2.23. The SMILES string of the molecule is Cc1cc(C)c(P=C(c2ccc(F)cc2)c2ccc(F)cc2)c(C)c1.Cc1cc(C)c(P=C(c2ccc(F)cc2)c2ccc(F)cc2)c(C)c1. The van der Waals surface area contributed by atoms with Crippen LogP contribution in [0.3, 0.4) is 0 Å². The zero-order valence-corrected chi connectivity index (χ0v) is 30.7. The number of hydrogen-bond acceptors (Lipinski definition) is 0. The summed E-state index contributed by atoms with van der Waals surface area (Å²) in [6.07, 6.45) is 0. The lowest BCUT2D eigenvalue weighted by Crippen LogP contribution is -2.09. The van der Waals surface area contributed by atoms with Crippen molar-refractivity contribution in [1.82, 2.24) is 0 Å². The lowest BCUT2D eigenvalue weighted by atomic mass is 10.0. The van der Waals surface area contributed by atoms with Gasteiger partial charge in [-0.25, -0.2) is 17.6 Å². The lowest BCUT2D eigenvalue weighted by Gasteiger charge is -2.12. The normalized spacial score (nSPS) is 10.9. The minimum atomic E-state index is -0.262. The predicted octanol–water partition coefficient (Wildman–Crippen LogP) is 11.5. The molecule has 0 spiro atoms. The van der Waals surface area contributed by atoms with Crippen LogP contribution in [0.1, 0.15) is 55.6 Å². The van der Waals surface area contributed by atoms with Gasteiger partial charge in [0.1, 0.15) is 23.3 Å². The summed E-state index contributed by atoms with van der Waals surface area (Å²) in [5.41, 5.74) is 11.1. The Hall–Kier alpha value is -4.62. The number of hydrogen-bond donors (Lipinski definition) is 0. The number of aryl methyl sites for hydroxylation is 6.